The first-order chi connectivity index (χ1) is 13.5. The van der Waals surface area contributed by atoms with Gasteiger partial charge in [-0.2, -0.15) is 5.10 Å². The first-order valence-electron chi connectivity index (χ1n) is 10.2. The molecule has 2 N–H and O–H groups in total. The predicted octanol–water partition coefficient (Wildman–Crippen LogP) is 3.31. The summed E-state index contributed by atoms with van der Waals surface area (Å²) in [5, 5.41) is 17.2. The molecule has 6 heteroatoms. The van der Waals surface area contributed by atoms with Crippen LogP contribution in [0.15, 0.2) is 47.7 Å². The second kappa shape index (κ2) is 11.5. The van der Waals surface area contributed by atoms with Crippen molar-refractivity contribution < 1.29 is 5.11 Å². The van der Waals surface area contributed by atoms with Gasteiger partial charge >= 0.3 is 0 Å². The van der Waals surface area contributed by atoms with Gasteiger partial charge in [0.25, 0.3) is 0 Å². The van der Waals surface area contributed by atoms with Crippen LogP contribution in [0.2, 0.25) is 0 Å². The van der Waals surface area contributed by atoms with Crippen LogP contribution >= 0.6 is 0 Å². The van der Waals surface area contributed by atoms with Crippen molar-refractivity contribution in [2.24, 2.45) is 16.8 Å². The number of hydrogen-bond donors (Lipinski definition) is 2. The van der Waals surface area contributed by atoms with E-state index in [1.807, 2.05) is 48.3 Å². The van der Waals surface area contributed by atoms with Crippen LogP contribution < -0.4 is 5.32 Å². The number of guanidine groups is 1. The Morgan fingerprint density at radius 1 is 1.29 bits per heavy atom. The second-order valence-corrected chi connectivity index (χ2v) is 7.69. The van der Waals surface area contributed by atoms with Gasteiger partial charge in [0.05, 0.1) is 11.9 Å². The van der Waals surface area contributed by atoms with Crippen LogP contribution in [-0.2, 0) is 6.54 Å². The number of nitrogens with zero attached hydrogens (tertiary/aromatic N) is 4. The summed E-state index contributed by atoms with van der Waals surface area (Å²) in [7, 11) is 2.05. The highest BCUT2D eigenvalue weighted by atomic mass is 16.3. The van der Waals surface area contributed by atoms with Crippen molar-refractivity contribution >= 4 is 5.96 Å². The van der Waals surface area contributed by atoms with Crippen molar-refractivity contribution in [3.63, 3.8) is 0 Å². The first kappa shape index (κ1) is 22.0. The monoisotopic (exact) mass is 385 g/mol. The minimum atomic E-state index is 0.220. The van der Waals surface area contributed by atoms with Gasteiger partial charge in [0.1, 0.15) is 0 Å². The lowest BCUT2D eigenvalue weighted by Gasteiger charge is -2.23. The molecule has 0 saturated carbocycles. The molecule has 0 radical (unpaired) electrons. The predicted molar refractivity (Wildman–Crippen MR) is 116 cm³/mol. The largest absolute Gasteiger partial charge is 0.396 e. The maximum Gasteiger partial charge on any atom is 0.193 e. The van der Waals surface area contributed by atoms with Crippen LogP contribution in [0.3, 0.4) is 0 Å². The second-order valence-electron chi connectivity index (χ2n) is 7.69. The summed E-state index contributed by atoms with van der Waals surface area (Å²) in [5.74, 6) is 1.91. The van der Waals surface area contributed by atoms with E-state index in [0.29, 0.717) is 11.8 Å². The molecule has 0 aliphatic heterocycles. The van der Waals surface area contributed by atoms with Gasteiger partial charge in [-0.05, 0) is 43.7 Å². The number of aromatic nitrogens is 2. The molecule has 0 saturated heterocycles. The minimum absolute atomic E-state index is 0.220. The highest BCUT2D eigenvalue weighted by Gasteiger charge is 2.13. The normalized spacial score (nSPS) is 13.0. The molecule has 0 aliphatic rings. The lowest BCUT2D eigenvalue weighted by atomic mass is 9.94. The molecule has 0 bridgehead atoms. The van der Waals surface area contributed by atoms with E-state index in [1.54, 1.807) is 0 Å². The molecular formula is C22H35N5O. The third kappa shape index (κ3) is 7.00. The Labute approximate surface area is 169 Å². The third-order valence-electron chi connectivity index (χ3n) is 4.61. The molecule has 28 heavy (non-hydrogen) atoms. The van der Waals surface area contributed by atoms with E-state index in [0.717, 1.165) is 49.7 Å². The number of benzene rings is 1. The van der Waals surface area contributed by atoms with Crippen molar-refractivity contribution in [2.45, 2.75) is 40.2 Å². The fourth-order valence-electron chi connectivity index (χ4n) is 3.33. The van der Waals surface area contributed by atoms with Gasteiger partial charge in [0, 0.05) is 45.0 Å². The van der Waals surface area contributed by atoms with Crippen molar-refractivity contribution in [1.29, 1.82) is 0 Å². The molecule has 1 aromatic carbocycles. The van der Waals surface area contributed by atoms with E-state index in [4.69, 9.17) is 4.99 Å². The average molecular weight is 386 g/mol. The van der Waals surface area contributed by atoms with E-state index in [9.17, 15) is 5.11 Å². The maximum absolute atomic E-state index is 9.33. The Kier molecular flexibility index (Phi) is 9.01. The number of aliphatic hydroxyl groups excluding tert-OH is 1. The number of para-hydroxylation sites is 1. The average Bonchev–Trinajstić information content (AvgIpc) is 3.13. The lowest BCUT2D eigenvalue weighted by molar-refractivity contribution is 0.245. The molecule has 1 atom stereocenters. The van der Waals surface area contributed by atoms with Gasteiger partial charge in [-0.1, -0.05) is 32.0 Å². The Bertz CT molecular complexity index is 711. The van der Waals surface area contributed by atoms with Crippen molar-refractivity contribution in [2.75, 3.05) is 26.7 Å². The molecule has 0 spiro atoms. The van der Waals surface area contributed by atoms with E-state index < -0.39 is 0 Å². The van der Waals surface area contributed by atoms with Gasteiger partial charge in [0.2, 0.25) is 0 Å². The van der Waals surface area contributed by atoms with Crippen LogP contribution in [0.1, 0.15) is 39.2 Å². The molecule has 1 unspecified atom stereocenters. The number of nitrogens with one attached hydrogen (secondary N) is 1. The van der Waals surface area contributed by atoms with Crippen molar-refractivity contribution in [3.05, 3.63) is 48.3 Å². The van der Waals surface area contributed by atoms with Gasteiger partial charge in [-0.25, -0.2) is 4.68 Å². The fraction of sp³-hybridized carbons (Fsp3) is 0.545. The number of hydrogen-bond acceptors (Lipinski definition) is 3. The van der Waals surface area contributed by atoms with Crippen LogP contribution in [-0.4, -0.2) is 52.5 Å². The molecular weight excluding hydrogens is 350 g/mol. The molecule has 0 amide bonds. The van der Waals surface area contributed by atoms with Crippen LogP contribution in [0.5, 0.6) is 0 Å². The topological polar surface area (TPSA) is 65.7 Å². The molecule has 0 aliphatic carbocycles. The lowest BCUT2D eigenvalue weighted by Crippen LogP contribution is -2.38. The van der Waals surface area contributed by atoms with Crippen LogP contribution in [0, 0.1) is 11.8 Å². The van der Waals surface area contributed by atoms with Crippen molar-refractivity contribution in [3.8, 4) is 5.69 Å². The van der Waals surface area contributed by atoms with E-state index in [-0.39, 0.29) is 6.61 Å². The minimum Gasteiger partial charge on any atom is -0.396 e. The zero-order valence-corrected chi connectivity index (χ0v) is 17.7. The van der Waals surface area contributed by atoms with E-state index in [1.165, 1.54) is 0 Å². The van der Waals surface area contributed by atoms with Gasteiger partial charge < -0.3 is 15.3 Å². The Morgan fingerprint density at radius 2 is 2.04 bits per heavy atom. The quantitative estimate of drug-likeness (QED) is 0.486. The fourth-order valence-corrected chi connectivity index (χ4v) is 3.33. The Balaban J connectivity index is 2.03. The van der Waals surface area contributed by atoms with E-state index >= 15 is 0 Å². The van der Waals surface area contributed by atoms with Crippen molar-refractivity contribution in [1.82, 2.24) is 20.0 Å². The molecule has 154 valence electrons. The number of rotatable bonds is 10. The van der Waals surface area contributed by atoms with Gasteiger partial charge in [-0.3, -0.25) is 4.99 Å². The summed E-state index contributed by atoms with van der Waals surface area (Å²) < 4.78 is 1.90. The zero-order valence-electron chi connectivity index (χ0n) is 17.7. The maximum atomic E-state index is 9.33. The van der Waals surface area contributed by atoms with Gasteiger partial charge in [0.15, 0.2) is 5.96 Å². The smallest absolute Gasteiger partial charge is 0.193 e. The summed E-state index contributed by atoms with van der Waals surface area (Å²) in [6, 6.07) is 10.1. The first-order valence-corrected chi connectivity index (χ1v) is 10.2. The number of aliphatic hydroxyl groups is 1. The number of aliphatic imine (C=N–C) groups is 1. The summed E-state index contributed by atoms with van der Waals surface area (Å²) in [4.78, 5) is 6.97. The summed E-state index contributed by atoms with van der Waals surface area (Å²) >= 11 is 0. The van der Waals surface area contributed by atoms with Gasteiger partial charge in [-0.15, -0.1) is 0 Å². The third-order valence-corrected chi connectivity index (χ3v) is 4.61. The highest BCUT2D eigenvalue weighted by molar-refractivity contribution is 5.79. The van der Waals surface area contributed by atoms with E-state index in [2.05, 4.69) is 42.3 Å². The highest BCUT2D eigenvalue weighted by Crippen LogP contribution is 2.16. The van der Waals surface area contributed by atoms with Crippen LogP contribution in [0.25, 0.3) is 5.69 Å². The Morgan fingerprint density at radius 3 is 2.68 bits per heavy atom. The zero-order chi connectivity index (χ0) is 20.4. The summed E-state index contributed by atoms with van der Waals surface area (Å²) in [5.41, 5.74) is 2.18. The molecule has 0 fully saturated rings. The summed E-state index contributed by atoms with van der Waals surface area (Å²) in [6.07, 6.45) is 5.84. The van der Waals surface area contributed by atoms with Crippen LogP contribution in [0.4, 0.5) is 0 Å². The SMILES string of the molecule is CCNC(=NCC(CCO)CC(C)C)N(C)Cc1cnn(-c2ccccc2)c1. The molecule has 2 aromatic rings. The molecule has 1 heterocycles. The summed E-state index contributed by atoms with van der Waals surface area (Å²) in [6.45, 7) is 9.02. The molecule has 2 rings (SSSR count). The molecule has 6 nitrogen and oxygen atoms in total. The molecule has 1 aromatic heterocycles. The Hall–Kier alpha value is -2.34. The standard InChI is InChI=1S/C22H35N5O/c1-5-23-22(24-14-19(11-12-28)13-18(2)3)26(4)16-20-15-25-27(17-20)21-9-7-6-8-10-21/h6-10,15,17-19,28H,5,11-14,16H2,1-4H3,(H,23,24).